The van der Waals surface area contributed by atoms with E-state index >= 15 is 0 Å². The third kappa shape index (κ3) is 3.04. The predicted octanol–water partition coefficient (Wildman–Crippen LogP) is 0.805. The largest absolute Gasteiger partial charge is 0.497 e. The predicted molar refractivity (Wildman–Crippen MR) is 106 cm³/mol. The molecule has 10 heteroatoms. The molecule has 0 spiro atoms. The van der Waals surface area contributed by atoms with Crippen LogP contribution in [0.5, 0.6) is 5.75 Å². The molecule has 3 amide bonds. The lowest BCUT2D eigenvalue weighted by Gasteiger charge is -2.39. The molecule has 158 valence electrons. The van der Waals surface area contributed by atoms with E-state index in [0.29, 0.717) is 12.5 Å². The number of fused-ring (bicyclic) bond motifs is 3. The first kappa shape index (κ1) is 19.7. The summed E-state index contributed by atoms with van der Waals surface area (Å²) >= 11 is 0. The highest BCUT2D eigenvalue weighted by molar-refractivity contribution is 6.06. The van der Waals surface area contributed by atoms with E-state index < -0.39 is 36.7 Å². The molecule has 0 radical (unpaired) electrons. The van der Waals surface area contributed by atoms with Gasteiger partial charge < -0.3 is 24.2 Å². The van der Waals surface area contributed by atoms with Gasteiger partial charge in [-0.3, -0.25) is 14.5 Å². The lowest BCUT2D eigenvalue weighted by molar-refractivity contribution is -0.148. The Balaban J connectivity index is 1.59. The zero-order valence-electron chi connectivity index (χ0n) is 17.2. The van der Waals surface area contributed by atoms with Crippen LogP contribution in [0.15, 0.2) is 41.2 Å². The summed E-state index contributed by atoms with van der Waals surface area (Å²) < 4.78 is 9.83. The first-order valence-electron chi connectivity index (χ1n) is 9.45. The minimum Gasteiger partial charge on any atom is -0.497 e. The van der Waals surface area contributed by atoms with Gasteiger partial charge in [-0.1, -0.05) is 12.1 Å². The lowest BCUT2D eigenvalue weighted by atomic mass is 10.1. The number of benzene rings is 1. The van der Waals surface area contributed by atoms with E-state index in [4.69, 9.17) is 4.74 Å². The average molecular weight is 413 g/mol. The standard InChI is InChI=1S/C20H23N5O5/c1-12-9-24-16-17(22(2)20(28)25(18(16)27)11-15(26)30-4)21-19(24)23(12)10-13-5-7-14(29-3)8-6-13/h5-9,16-17H,10-11H2,1-4H3. The van der Waals surface area contributed by atoms with Crippen LogP contribution in [0.2, 0.25) is 0 Å². The second-order valence-corrected chi connectivity index (χ2v) is 7.29. The monoisotopic (exact) mass is 413 g/mol. The van der Waals surface area contributed by atoms with Gasteiger partial charge in [0.15, 0.2) is 12.2 Å². The molecule has 30 heavy (non-hydrogen) atoms. The molecule has 2 atom stereocenters. The van der Waals surface area contributed by atoms with E-state index in [-0.39, 0.29) is 0 Å². The van der Waals surface area contributed by atoms with E-state index in [1.54, 1.807) is 19.1 Å². The molecule has 3 aliphatic heterocycles. The van der Waals surface area contributed by atoms with Crippen molar-refractivity contribution in [3.05, 3.63) is 41.7 Å². The number of rotatable bonds is 5. The van der Waals surface area contributed by atoms with E-state index in [1.165, 1.54) is 12.0 Å². The van der Waals surface area contributed by atoms with Crippen LogP contribution in [0.25, 0.3) is 0 Å². The zero-order valence-corrected chi connectivity index (χ0v) is 17.2. The number of hydrogen-bond donors (Lipinski definition) is 0. The van der Waals surface area contributed by atoms with Crippen LogP contribution >= 0.6 is 0 Å². The van der Waals surface area contributed by atoms with Crippen molar-refractivity contribution in [3.63, 3.8) is 0 Å². The van der Waals surface area contributed by atoms with Crippen LogP contribution in [-0.2, 0) is 20.9 Å². The molecule has 3 heterocycles. The summed E-state index contributed by atoms with van der Waals surface area (Å²) in [6.07, 6.45) is 1.20. The fourth-order valence-corrected chi connectivity index (χ4v) is 3.85. The van der Waals surface area contributed by atoms with Crippen LogP contribution in [0.1, 0.15) is 12.5 Å². The number of hydrogen-bond acceptors (Lipinski definition) is 8. The molecule has 2 unspecified atom stereocenters. The van der Waals surface area contributed by atoms with Crippen molar-refractivity contribution < 1.29 is 23.9 Å². The summed E-state index contributed by atoms with van der Waals surface area (Å²) in [6, 6.07) is 6.42. The maximum atomic E-state index is 13.1. The number of guanidine groups is 1. The first-order valence-corrected chi connectivity index (χ1v) is 9.45. The minimum absolute atomic E-state index is 0.427. The number of amides is 3. The highest BCUT2D eigenvalue weighted by Gasteiger charge is 2.54. The Labute approximate surface area is 173 Å². The summed E-state index contributed by atoms with van der Waals surface area (Å²) in [5.74, 6) is 0.250. The third-order valence-corrected chi connectivity index (χ3v) is 5.52. The van der Waals surface area contributed by atoms with Crippen LogP contribution in [-0.4, -0.2) is 83.5 Å². The van der Waals surface area contributed by atoms with Gasteiger partial charge in [-0.25, -0.2) is 9.79 Å². The van der Waals surface area contributed by atoms with Gasteiger partial charge in [0.1, 0.15) is 12.3 Å². The maximum absolute atomic E-state index is 13.1. The molecule has 0 aliphatic carbocycles. The number of likely N-dealkylation sites (N-methyl/N-ethyl adjacent to an activating group) is 1. The average Bonchev–Trinajstić information content (AvgIpc) is 3.26. The molecule has 1 aromatic carbocycles. The molecule has 0 aromatic heterocycles. The molecule has 1 saturated heterocycles. The summed E-state index contributed by atoms with van der Waals surface area (Å²) in [4.78, 5) is 48.2. The molecule has 0 bridgehead atoms. The van der Waals surface area contributed by atoms with Gasteiger partial charge in [-0.05, 0) is 24.6 Å². The number of carbonyl (C=O) groups excluding carboxylic acids is 3. The van der Waals surface area contributed by atoms with Gasteiger partial charge in [0.2, 0.25) is 5.96 Å². The number of allylic oxidation sites excluding steroid dienone is 1. The van der Waals surface area contributed by atoms with E-state index in [1.807, 2.05) is 42.3 Å². The molecule has 0 saturated carbocycles. The number of methoxy groups -OCH3 is 2. The Morgan fingerprint density at radius 3 is 2.47 bits per heavy atom. The summed E-state index contributed by atoms with van der Waals surface area (Å²) in [5, 5.41) is 0. The van der Waals surface area contributed by atoms with Crippen molar-refractivity contribution in [1.82, 2.24) is 19.6 Å². The van der Waals surface area contributed by atoms with Crippen LogP contribution in [0.4, 0.5) is 4.79 Å². The Hall–Kier alpha value is -3.56. The van der Waals surface area contributed by atoms with Crippen molar-refractivity contribution in [3.8, 4) is 5.75 Å². The van der Waals surface area contributed by atoms with Crippen LogP contribution in [0, 0.1) is 0 Å². The molecule has 1 fully saturated rings. The van der Waals surface area contributed by atoms with Gasteiger partial charge >= 0.3 is 12.0 Å². The molecular weight excluding hydrogens is 390 g/mol. The van der Waals surface area contributed by atoms with Crippen molar-refractivity contribution in [2.24, 2.45) is 4.99 Å². The van der Waals surface area contributed by atoms with Crippen molar-refractivity contribution in [2.75, 3.05) is 27.8 Å². The Bertz CT molecular complexity index is 957. The van der Waals surface area contributed by atoms with E-state index in [2.05, 4.69) is 9.73 Å². The quantitative estimate of drug-likeness (QED) is 0.659. The van der Waals surface area contributed by atoms with Crippen molar-refractivity contribution in [2.45, 2.75) is 25.7 Å². The summed E-state index contributed by atoms with van der Waals surface area (Å²) in [7, 11) is 4.41. The number of esters is 1. The number of ether oxygens (including phenoxy) is 2. The fourth-order valence-electron chi connectivity index (χ4n) is 3.85. The van der Waals surface area contributed by atoms with Gasteiger partial charge in [0.05, 0.1) is 20.8 Å². The summed E-state index contributed by atoms with van der Waals surface area (Å²) in [5.41, 5.74) is 1.97. The highest BCUT2D eigenvalue weighted by Crippen LogP contribution is 2.34. The van der Waals surface area contributed by atoms with Gasteiger partial charge in [0, 0.05) is 18.9 Å². The molecule has 1 aromatic rings. The Morgan fingerprint density at radius 2 is 1.83 bits per heavy atom. The maximum Gasteiger partial charge on any atom is 0.328 e. The highest BCUT2D eigenvalue weighted by atomic mass is 16.5. The minimum atomic E-state index is -0.719. The topological polar surface area (TPSA) is 95.0 Å². The molecule has 0 N–H and O–H groups in total. The third-order valence-electron chi connectivity index (χ3n) is 5.52. The second kappa shape index (κ2) is 7.36. The number of nitrogens with zero attached hydrogens (tertiary/aromatic N) is 5. The van der Waals surface area contributed by atoms with Gasteiger partial charge in [0.25, 0.3) is 5.91 Å². The smallest absolute Gasteiger partial charge is 0.328 e. The fraction of sp³-hybridized carbons (Fsp3) is 0.400. The SMILES string of the molecule is COC(=O)CN1C(=O)C2C(N=C3N(Cc4ccc(OC)cc4)C(C)=CN32)N(C)C1=O. The zero-order chi connectivity index (χ0) is 21.6. The Kier molecular flexibility index (Phi) is 4.84. The molecule has 10 nitrogen and oxygen atoms in total. The van der Waals surface area contributed by atoms with Crippen LogP contribution in [0.3, 0.4) is 0 Å². The number of carbonyl (C=O) groups is 3. The number of imide groups is 1. The molecular formula is C20H23N5O5. The van der Waals surface area contributed by atoms with E-state index in [9.17, 15) is 14.4 Å². The normalized spacial score (nSPS) is 22.7. The molecule has 3 aliphatic rings. The van der Waals surface area contributed by atoms with Crippen LogP contribution < -0.4 is 4.74 Å². The molecule has 4 rings (SSSR count). The number of urea groups is 1. The van der Waals surface area contributed by atoms with Crippen molar-refractivity contribution >= 4 is 23.9 Å². The lowest BCUT2D eigenvalue weighted by Crippen LogP contribution is -2.65. The second-order valence-electron chi connectivity index (χ2n) is 7.29. The van der Waals surface area contributed by atoms with E-state index in [0.717, 1.165) is 21.9 Å². The summed E-state index contributed by atoms with van der Waals surface area (Å²) in [6.45, 7) is 2.07. The van der Waals surface area contributed by atoms with Gasteiger partial charge in [-0.2, -0.15) is 0 Å². The number of aliphatic imine (C=N–C) groups is 1. The van der Waals surface area contributed by atoms with Crippen molar-refractivity contribution in [1.29, 1.82) is 0 Å². The van der Waals surface area contributed by atoms with Gasteiger partial charge in [-0.15, -0.1) is 0 Å². The Morgan fingerprint density at radius 1 is 1.13 bits per heavy atom. The first-order chi connectivity index (χ1) is 14.3.